The Hall–Kier alpha value is -2.63. The molecule has 3 fully saturated rings. The number of phenols is 1. The van der Waals surface area contributed by atoms with Crippen molar-refractivity contribution in [2.45, 2.75) is 6.42 Å². The number of ether oxygens (including phenoxy) is 1. The third kappa shape index (κ3) is 1.94. The normalized spacial score (nSPS) is 37.6. The summed E-state index contributed by atoms with van der Waals surface area (Å²) in [6.45, 7) is 0. The first-order chi connectivity index (χ1) is 12.1. The predicted octanol–water partition coefficient (Wildman–Crippen LogP) is 1.79. The molecule has 1 saturated heterocycles. The third-order valence-corrected chi connectivity index (χ3v) is 6.17. The molecule has 1 N–H and O–H groups in total. The van der Waals surface area contributed by atoms with Gasteiger partial charge in [0.05, 0.1) is 25.2 Å². The van der Waals surface area contributed by atoms with Crippen LogP contribution < -0.4 is 4.74 Å². The van der Waals surface area contributed by atoms with E-state index in [1.807, 2.05) is 0 Å². The van der Waals surface area contributed by atoms with Crippen LogP contribution in [-0.4, -0.2) is 35.3 Å². The molecule has 6 nitrogen and oxygen atoms in total. The molecule has 5 aliphatic rings. The molecule has 0 spiro atoms. The van der Waals surface area contributed by atoms with Gasteiger partial charge in [0.2, 0.25) is 0 Å². The number of allylic oxidation sites excluding steroid dienone is 2. The van der Waals surface area contributed by atoms with E-state index in [0.717, 1.165) is 11.4 Å². The average molecular weight is 338 g/mol. The highest BCUT2D eigenvalue weighted by atomic mass is 16.5. The van der Waals surface area contributed by atoms with Crippen LogP contribution >= 0.6 is 0 Å². The molecule has 2 amide bonds. The van der Waals surface area contributed by atoms with E-state index in [4.69, 9.17) is 4.74 Å². The van der Waals surface area contributed by atoms with Crippen LogP contribution in [0.1, 0.15) is 12.0 Å². The van der Waals surface area contributed by atoms with Gasteiger partial charge in [-0.3, -0.25) is 9.59 Å². The van der Waals surface area contributed by atoms with Crippen LogP contribution in [0.4, 0.5) is 0 Å². The fourth-order valence-electron chi connectivity index (χ4n) is 4.95. The number of imide groups is 1. The van der Waals surface area contributed by atoms with Crippen molar-refractivity contribution in [3.8, 4) is 11.5 Å². The standard InChI is InChI=1S/C19H18N2O4/c1-25-15-6-9(2-5-14(15)22)8-20-21-18(23)16-10-3-4-11(13-7-12(10)13)17(16)19(21)24/h2-6,8,10-13,16-17,22H,7H2,1H3/b20-8+/t10-,11-,12-,13-,16+,17+/m1/s1. The first-order valence-corrected chi connectivity index (χ1v) is 8.57. The molecule has 1 aromatic rings. The Bertz CT molecular complexity index is 810. The number of methoxy groups -OCH3 is 1. The fraction of sp³-hybridized carbons (Fsp3) is 0.421. The van der Waals surface area contributed by atoms with E-state index in [1.165, 1.54) is 19.4 Å². The number of hydrogen-bond acceptors (Lipinski definition) is 5. The van der Waals surface area contributed by atoms with Crippen molar-refractivity contribution in [1.82, 2.24) is 5.01 Å². The smallest absolute Gasteiger partial charge is 0.254 e. The van der Waals surface area contributed by atoms with E-state index in [1.54, 1.807) is 12.1 Å². The lowest BCUT2D eigenvalue weighted by Gasteiger charge is -2.37. The Labute approximate surface area is 144 Å². The summed E-state index contributed by atoms with van der Waals surface area (Å²) in [7, 11) is 1.46. The summed E-state index contributed by atoms with van der Waals surface area (Å²) in [5.74, 6) is 1.08. The van der Waals surface area contributed by atoms with Crippen LogP contribution in [0.3, 0.4) is 0 Å². The van der Waals surface area contributed by atoms with Crippen molar-refractivity contribution in [3.63, 3.8) is 0 Å². The maximum atomic E-state index is 12.8. The largest absolute Gasteiger partial charge is 0.504 e. The topological polar surface area (TPSA) is 79.2 Å². The second-order valence-corrected chi connectivity index (χ2v) is 7.32. The lowest BCUT2D eigenvalue weighted by Crippen LogP contribution is -2.40. The van der Waals surface area contributed by atoms with Crippen LogP contribution in [0.25, 0.3) is 0 Å². The lowest BCUT2D eigenvalue weighted by atomic mass is 9.63. The van der Waals surface area contributed by atoms with Crippen molar-refractivity contribution in [1.29, 1.82) is 0 Å². The van der Waals surface area contributed by atoms with Crippen LogP contribution in [-0.2, 0) is 9.59 Å². The van der Waals surface area contributed by atoms with Gasteiger partial charge < -0.3 is 9.84 Å². The molecule has 2 bridgehead atoms. The number of hydrazone groups is 1. The van der Waals surface area contributed by atoms with E-state index >= 15 is 0 Å². The maximum Gasteiger partial charge on any atom is 0.254 e. The molecule has 6 atom stereocenters. The van der Waals surface area contributed by atoms with E-state index in [2.05, 4.69) is 17.3 Å². The zero-order chi connectivity index (χ0) is 17.3. The summed E-state index contributed by atoms with van der Waals surface area (Å²) in [6, 6.07) is 4.75. The Morgan fingerprint density at radius 1 is 1.16 bits per heavy atom. The van der Waals surface area contributed by atoms with E-state index in [9.17, 15) is 14.7 Å². The van der Waals surface area contributed by atoms with Gasteiger partial charge in [-0.05, 0) is 53.9 Å². The number of nitrogens with zero attached hydrogens (tertiary/aromatic N) is 2. The zero-order valence-corrected chi connectivity index (χ0v) is 13.7. The van der Waals surface area contributed by atoms with Crippen LogP contribution in [0.15, 0.2) is 35.5 Å². The number of aromatic hydroxyl groups is 1. The van der Waals surface area contributed by atoms with Crippen molar-refractivity contribution >= 4 is 18.0 Å². The van der Waals surface area contributed by atoms with Gasteiger partial charge in [0, 0.05) is 0 Å². The molecule has 0 aromatic heterocycles. The fourth-order valence-corrected chi connectivity index (χ4v) is 4.95. The van der Waals surface area contributed by atoms with Gasteiger partial charge >= 0.3 is 0 Å². The van der Waals surface area contributed by atoms with Crippen molar-refractivity contribution in [2.75, 3.05) is 7.11 Å². The van der Waals surface area contributed by atoms with Gasteiger partial charge in [-0.2, -0.15) is 10.1 Å². The molecule has 4 aliphatic carbocycles. The average Bonchev–Trinajstić information content (AvgIpc) is 3.40. The van der Waals surface area contributed by atoms with Gasteiger partial charge in [0.25, 0.3) is 11.8 Å². The molecule has 1 aromatic carbocycles. The Morgan fingerprint density at radius 3 is 2.40 bits per heavy atom. The van der Waals surface area contributed by atoms with Gasteiger partial charge in [-0.15, -0.1) is 0 Å². The lowest BCUT2D eigenvalue weighted by molar-refractivity contribution is -0.140. The SMILES string of the molecule is COc1cc(/C=N/N2C(=O)[C@H]3[C@@H]4C=C[C@H]([C@H]5C[C@H]45)[C@@H]3C2=O)ccc1O. The molecule has 1 heterocycles. The second-order valence-electron chi connectivity index (χ2n) is 7.32. The molecule has 6 heteroatoms. The van der Waals surface area contributed by atoms with Gasteiger partial charge in [-0.1, -0.05) is 12.2 Å². The minimum absolute atomic E-state index is 0.0286. The monoisotopic (exact) mass is 338 g/mol. The summed E-state index contributed by atoms with van der Waals surface area (Å²) < 4.78 is 5.06. The van der Waals surface area contributed by atoms with Crippen LogP contribution in [0.5, 0.6) is 11.5 Å². The van der Waals surface area contributed by atoms with Crippen LogP contribution in [0.2, 0.25) is 0 Å². The highest BCUT2D eigenvalue weighted by molar-refractivity contribution is 6.06. The molecule has 1 aliphatic heterocycles. The van der Waals surface area contributed by atoms with Crippen molar-refractivity contribution in [2.24, 2.45) is 40.6 Å². The second kappa shape index (κ2) is 4.94. The Balaban J connectivity index is 1.42. The summed E-state index contributed by atoms with van der Waals surface area (Å²) in [5, 5.41) is 14.9. The Morgan fingerprint density at radius 2 is 1.80 bits per heavy atom. The molecule has 128 valence electrons. The number of amides is 2. The predicted molar refractivity (Wildman–Crippen MR) is 88.8 cm³/mol. The number of phenolic OH excluding ortho intramolecular Hbond substituents is 1. The molecular weight excluding hydrogens is 320 g/mol. The van der Waals surface area contributed by atoms with Crippen LogP contribution in [0, 0.1) is 35.5 Å². The Kier molecular flexibility index (Phi) is 2.90. The quantitative estimate of drug-likeness (QED) is 0.518. The molecule has 2 saturated carbocycles. The minimum atomic E-state index is -0.238. The molecule has 0 radical (unpaired) electrons. The highest BCUT2D eigenvalue weighted by Crippen LogP contribution is 2.65. The van der Waals surface area contributed by atoms with Crippen molar-refractivity contribution in [3.05, 3.63) is 35.9 Å². The van der Waals surface area contributed by atoms with Gasteiger partial charge in [-0.25, -0.2) is 0 Å². The number of rotatable bonds is 3. The molecule has 25 heavy (non-hydrogen) atoms. The first kappa shape index (κ1) is 14.7. The number of carbonyl (C=O) groups is 2. The summed E-state index contributed by atoms with van der Waals surface area (Å²) in [5.41, 5.74) is 0.647. The minimum Gasteiger partial charge on any atom is -0.504 e. The summed E-state index contributed by atoms with van der Waals surface area (Å²) in [4.78, 5) is 25.6. The maximum absolute atomic E-state index is 12.8. The van der Waals surface area contributed by atoms with E-state index in [-0.39, 0.29) is 41.2 Å². The highest BCUT2D eigenvalue weighted by Gasteiger charge is 2.67. The number of hydrogen-bond donors (Lipinski definition) is 1. The van der Waals surface area contributed by atoms with E-state index < -0.39 is 0 Å². The summed E-state index contributed by atoms with van der Waals surface area (Å²) >= 11 is 0. The van der Waals surface area contributed by atoms with Gasteiger partial charge in [0.1, 0.15) is 0 Å². The van der Waals surface area contributed by atoms with Crippen molar-refractivity contribution < 1.29 is 19.4 Å². The number of benzene rings is 1. The molecular formula is C19H18N2O4. The number of carbonyl (C=O) groups excluding carboxylic acids is 2. The first-order valence-electron chi connectivity index (χ1n) is 8.57. The summed E-state index contributed by atoms with van der Waals surface area (Å²) in [6.07, 6.45) is 6.89. The zero-order valence-electron chi connectivity index (χ0n) is 13.7. The molecule has 6 rings (SSSR count). The third-order valence-electron chi connectivity index (χ3n) is 6.17. The molecule has 0 unspecified atom stereocenters. The van der Waals surface area contributed by atoms with E-state index in [0.29, 0.717) is 23.1 Å². The van der Waals surface area contributed by atoms with Gasteiger partial charge in [0.15, 0.2) is 11.5 Å².